The van der Waals surface area contributed by atoms with Gasteiger partial charge in [-0.1, -0.05) is 59.8 Å². The van der Waals surface area contributed by atoms with Crippen LogP contribution in [-0.2, 0) is 24.5 Å². The quantitative estimate of drug-likeness (QED) is 0.142. The monoisotopic (exact) mass is 689 g/mol. The molecule has 3 aromatic carbocycles. The van der Waals surface area contributed by atoms with Crippen LogP contribution in [0.3, 0.4) is 0 Å². The smallest absolute Gasteiger partial charge is 0.322 e. The Bertz CT molecular complexity index is 1480. The van der Waals surface area contributed by atoms with Gasteiger partial charge in [0.25, 0.3) is 11.8 Å². The summed E-state index contributed by atoms with van der Waals surface area (Å²) in [6.45, 7) is 4.39. The number of hydrogen-bond acceptors (Lipinski definition) is 5. The highest BCUT2D eigenvalue weighted by atomic mass is 127. The van der Waals surface area contributed by atoms with Crippen LogP contribution < -0.4 is 10.2 Å². The second kappa shape index (κ2) is 13.6. The van der Waals surface area contributed by atoms with Gasteiger partial charge < -0.3 is 10.2 Å². The van der Waals surface area contributed by atoms with Gasteiger partial charge in [-0.2, -0.15) is 0 Å². The highest BCUT2D eigenvalue weighted by molar-refractivity contribution is 14.1. The maximum atomic E-state index is 14.1. The molecule has 4 rings (SSSR count). The van der Waals surface area contributed by atoms with E-state index in [1.807, 2.05) is 56.3 Å². The van der Waals surface area contributed by atoms with Gasteiger partial charge in [-0.25, -0.2) is 9.24 Å². The fourth-order valence-electron chi connectivity index (χ4n) is 5.03. The van der Waals surface area contributed by atoms with Crippen molar-refractivity contribution in [3.63, 3.8) is 0 Å². The number of nitrogens with one attached hydrogen (secondary N) is 1. The molecule has 2 amide bonds. The van der Waals surface area contributed by atoms with Gasteiger partial charge in [0.15, 0.2) is 0 Å². The molecule has 0 spiro atoms. The second-order valence-electron chi connectivity index (χ2n) is 10.2. The van der Waals surface area contributed by atoms with Crippen LogP contribution in [0.25, 0.3) is 0 Å². The van der Waals surface area contributed by atoms with Crippen LogP contribution in [0.4, 0.5) is 11.4 Å². The van der Waals surface area contributed by atoms with Crippen molar-refractivity contribution in [3.8, 4) is 0 Å². The zero-order valence-electron chi connectivity index (χ0n) is 24.1. The molecule has 0 fully saturated rings. The summed E-state index contributed by atoms with van der Waals surface area (Å²) in [6, 6.07) is 18.9. The van der Waals surface area contributed by atoms with Gasteiger partial charge >= 0.3 is 7.75 Å². The third kappa shape index (κ3) is 6.92. The number of benzene rings is 3. The van der Waals surface area contributed by atoms with Crippen molar-refractivity contribution in [1.82, 2.24) is 4.67 Å². The Labute approximate surface area is 256 Å². The molecule has 8 nitrogen and oxygen atoms in total. The lowest BCUT2D eigenvalue weighted by molar-refractivity contribution is 0.0984. The molecule has 2 atom stereocenters. The molecular weight excluding hydrogens is 652 g/mol. The molecule has 1 N–H and O–H groups in total. The molecule has 0 radical (unpaired) electrons. The van der Waals surface area contributed by atoms with Gasteiger partial charge in [0.1, 0.15) is 0 Å². The Morgan fingerprint density at radius 1 is 1.10 bits per heavy atom. The molecule has 0 saturated carbocycles. The molecule has 1 aliphatic heterocycles. The second-order valence-corrected chi connectivity index (χ2v) is 13.3. The van der Waals surface area contributed by atoms with Gasteiger partial charge in [0, 0.05) is 46.1 Å². The van der Waals surface area contributed by atoms with E-state index in [-0.39, 0.29) is 11.8 Å². The number of carbonyl (C=O) groups is 2. The first-order valence-corrected chi connectivity index (χ1v) is 16.7. The fraction of sp³-hybridized carbons (Fsp3) is 0.355. The minimum Gasteiger partial charge on any atom is -0.322 e. The number of aryl methyl sites for hydroxylation is 2. The van der Waals surface area contributed by atoms with E-state index in [9.17, 15) is 14.2 Å². The molecule has 2 unspecified atom stereocenters. The first kappa shape index (κ1) is 31.4. The molecule has 0 aromatic heterocycles. The Kier molecular flexibility index (Phi) is 10.4. The summed E-state index contributed by atoms with van der Waals surface area (Å²) >= 11 is 2.31. The van der Waals surface area contributed by atoms with E-state index < -0.39 is 13.9 Å². The first-order valence-electron chi connectivity index (χ1n) is 13.6. The van der Waals surface area contributed by atoms with E-state index in [0.717, 1.165) is 32.4 Å². The number of alkyl halides is 1. The Hall–Kier alpha value is -2.56. The van der Waals surface area contributed by atoms with E-state index in [1.165, 1.54) is 11.8 Å². The number of carbonyl (C=O) groups excluding carboxylic acids is 2. The predicted molar refractivity (Wildman–Crippen MR) is 172 cm³/mol. The van der Waals surface area contributed by atoms with Crippen LogP contribution in [-0.4, -0.2) is 44.2 Å². The van der Waals surface area contributed by atoms with Crippen molar-refractivity contribution in [2.75, 3.05) is 38.0 Å². The third-order valence-electron chi connectivity index (χ3n) is 7.32. The van der Waals surface area contributed by atoms with Gasteiger partial charge in [-0.3, -0.25) is 18.6 Å². The van der Waals surface area contributed by atoms with Crippen molar-refractivity contribution in [3.05, 3.63) is 94.0 Å². The number of hydrogen-bond donors (Lipinski definition) is 1. The fourth-order valence-corrected chi connectivity index (χ4v) is 6.64. The lowest BCUT2D eigenvalue weighted by Crippen LogP contribution is -2.32. The summed E-state index contributed by atoms with van der Waals surface area (Å²) in [5.74, 6) is -0.306. The Morgan fingerprint density at radius 3 is 2.51 bits per heavy atom. The van der Waals surface area contributed by atoms with Crippen LogP contribution in [0.1, 0.15) is 68.8 Å². The summed E-state index contributed by atoms with van der Waals surface area (Å²) in [5, 5.41) is 2.98. The Morgan fingerprint density at radius 2 is 1.85 bits per heavy atom. The number of rotatable bonds is 9. The number of fused-ring (bicyclic) bond motifs is 1. The first-order chi connectivity index (χ1) is 19.6. The van der Waals surface area contributed by atoms with Gasteiger partial charge in [-0.15, -0.1) is 0 Å². The SMILES string of the molecule is CCc1cc(NC(=O)c2ccccc2C)ccc1C(=O)N1CCCC(OP(=O)(OC)N(C)C)c2cc(CI)ccc21. The molecule has 41 heavy (non-hydrogen) atoms. The molecular formula is C31H37IN3O5P. The van der Waals surface area contributed by atoms with Crippen LogP contribution in [0.15, 0.2) is 60.7 Å². The zero-order chi connectivity index (χ0) is 29.7. The predicted octanol–water partition coefficient (Wildman–Crippen LogP) is 7.56. The highest BCUT2D eigenvalue weighted by Gasteiger charge is 2.35. The van der Waals surface area contributed by atoms with E-state index in [0.29, 0.717) is 42.6 Å². The normalized spacial score (nSPS) is 16.6. The largest absolute Gasteiger partial charge is 0.407 e. The van der Waals surface area contributed by atoms with Crippen molar-refractivity contribution in [2.45, 2.75) is 43.6 Å². The van der Waals surface area contributed by atoms with Crippen LogP contribution >= 0.6 is 30.3 Å². The summed E-state index contributed by atoms with van der Waals surface area (Å²) in [4.78, 5) is 28.8. The number of amides is 2. The van der Waals surface area contributed by atoms with Gasteiger partial charge in [-0.05, 0) is 87.3 Å². The molecule has 0 bridgehead atoms. The average Bonchev–Trinajstić information content (AvgIpc) is 3.15. The maximum absolute atomic E-state index is 14.1. The summed E-state index contributed by atoms with van der Waals surface area (Å²) in [5.41, 5.74) is 6.23. The molecule has 218 valence electrons. The van der Waals surface area contributed by atoms with Crippen molar-refractivity contribution in [2.24, 2.45) is 0 Å². The highest BCUT2D eigenvalue weighted by Crippen LogP contribution is 2.55. The standard InChI is InChI=1S/C31H37IN3O5P/c1-6-23-19-24(33-30(36)25-11-8-7-10-21(25)2)14-15-26(23)31(37)35-17-9-12-29(40-41(38,39-5)34(3)4)27-18-22(20-32)13-16-28(27)35/h7-8,10-11,13-16,18-19,29H,6,9,12,17,20H2,1-5H3,(H,33,36). The lowest BCUT2D eigenvalue weighted by atomic mass is 10.0. The zero-order valence-corrected chi connectivity index (χ0v) is 27.2. The Balaban J connectivity index is 1.67. The van der Waals surface area contributed by atoms with E-state index >= 15 is 0 Å². The molecule has 1 heterocycles. The summed E-state index contributed by atoms with van der Waals surface area (Å²) in [6.07, 6.45) is 1.37. The maximum Gasteiger partial charge on any atom is 0.407 e. The van der Waals surface area contributed by atoms with Gasteiger partial charge in [0.05, 0.1) is 6.10 Å². The topological polar surface area (TPSA) is 88.2 Å². The molecule has 3 aromatic rings. The third-order valence-corrected chi connectivity index (χ3v) is 10.2. The van der Waals surface area contributed by atoms with Gasteiger partial charge in [0.2, 0.25) is 0 Å². The minimum absolute atomic E-state index is 0.120. The van der Waals surface area contributed by atoms with Crippen LogP contribution in [0.5, 0.6) is 0 Å². The molecule has 0 aliphatic carbocycles. The van der Waals surface area contributed by atoms with Crippen molar-refractivity contribution >= 4 is 53.5 Å². The number of halogens is 1. The van der Waals surface area contributed by atoms with Crippen LogP contribution in [0, 0.1) is 6.92 Å². The minimum atomic E-state index is -3.50. The van der Waals surface area contributed by atoms with Crippen LogP contribution in [0.2, 0.25) is 0 Å². The van der Waals surface area contributed by atoms with Crippen molar-refractivity contribution in [1.29, 1.82) is 0 Å². The number of nitrogens with zero attached hydrogens (tertiary/aromatic N) is 2. The van der Waals surface area contributed by atoms with E-state index in [2.05, 4.69) is 27.9 Å². The lowest BCUT2D eigenvalue weighted by Gasteiger charge is -2.29. The van der Waals surface area contributed by atoms with E-state index in [4.69, 9.17) is 9.05 Å². The summed E-state index contributed by atoms with van der Waals surface area (Å²) in [7, 11) is 1.21. The number of anilines is 2. The molecule has 1 aliphatic rings. The average molecular weight is 690 g/mol. The van der Waals surface area contributed by atoms with E-state index in [1.54, 1.807) is 37.2 Å². The molecule has 10 heteroatoms. The summed E-state index contributed by atoms with van der Waals surface area (Å²) < 4.78 is 27.0. The van der Waals surface area contributed by atoms with Crippen molar-refractivity contribution < 1.29 is 23.2 Å². The molecule has 0 saturated heterocycles.